The van der Waals surface area contributed by atoms with Crippen LogP contribution in [-0.4, -0.2) is 40.0 Å². The molecule has 2 N–H and O–H groups in total. The molecule has 0 unspecified atom stereocenters. The Kier molecular flexibility index (Phi) is 6.74. The first kappa shape index (κ1) is 27.2. The average molecular weight is 505 g/mol. The summed E-state index contributed by atoms with van der Waals surface area (Å²) >= 11 is 0. The van der Waals surface area contributed by atoms with Gasteiger partial charge in [0.05, 0.1) is 28.3 Å². The minimum absolute atomic E-state index is 0.281. The largest absolute Gasteiger partial charge is 0.494 e. The highest BCUT2D eigenvalue weighted by Gasteiger charge is 2.51. The van der Waals surface area contributed by atoms with Gasteiger partial charge in [-0.15, -0.1) is 0 Å². The van der Waals surface area contributed by atoms with Gasteiger partial charge in [0.15, 0.2) is 0 Å². The van der Waals surface area contributed by atoms with E-state index in [1.54, 1.807) is 0 Å². The molecule has 0 saturated carbocycles. The number of hydrogen-bond donors (Lipinski definition) is 2. The maximum absolute atomic E-state index is 12.5. The van der Waals surface area contributed by atoms with E-state index in [1.807, 2.05) is 26.8 Å². The third kappa shape index (κ3) is 5.86. The predicted octanol–water partition coefficient (Wildman–Crippen LogP) is 6.14. The van der Waals surface area contributed by atoms with Crippen molar-refractivity contribution in [3.63, 3.8) is 0 Å². The second-order valence-electron chi connectivity index (χ2n) is 13.0. The van der Waals surface area contributed by atoms with Crippen LogP contribution in [0.3, 0.4) is 0 Å². The zero-order valence-electron chi connectivity index (χ0n) is 23.8. The van der Waals surface area contributed by atoms with Gasteiger partial charge in [0, 0.05) is 0 Å². The van der Waals surface area contributed by atoms with Crippen molar-refractivity contribution in [3.05, 3.63) is 48.3 Å². The lowest BCUT2D eigenvalue weighted by atomic mass is 9.78. The number of aromatic nitrogens is 2. The molecule has 8 heteroatoms. The highest BCUT2D eigenvalue weighted by atomic mass is 16.7. The fourth-order valence-electron chi connectivity index (χ4n) is 4.28. The molecule has 198 valence electrons. The summed E-state index contributed by atoms with van der Waals surface area (Å²) in [6, 6.07) is 14.1. The van der Waals surface area contributed by atoms with Crippen molar-refractivity contribution in [2.45, 2.75) is 92.1 Å². The number of amides is 1. The molecule has 0 bridgehead atoms. The number of benzene rings is 2. The quantitative estimate of drug-likeness (QED) is 0.416. The zero-order valence-corrected chi connectivity index (χ0v) is 23.8. The maximum atomic E-state index is 12.5. The lowest BCUT2D eigenvalue weighted by Gasteiger charge is -2.32. The number of aromatic amines is 1. The van der Waals surface area contributed by atoms with Crippen LogP contribution in [0, 0.1) is 5.41 Å². The predicted molar refractivity (Wildman–Crippen MR) is 149 cm³/mol. The molecule has 1 aliphatic rings. The normalized spacial score (nSPS) is 18.2. The highest BCUT2D eigenvalue weighted by molar-refractivity contribution is 6.62. The summed E-state index contributed by atoms with van der Waals surface area (Å²) < 4.78 is 17.9. The van der Waals surface area contributed by atoms with Gasteiger partial charge in [-0.2, -0.15) is 0 Å². The zero-order chi connectivity index (χ0) is 27.4. The lowest BCUT2D eigenvalue weighted by molar-refractivity contribution is 0.00578. The Labute approximate surface area is 220 Å². The molecule has 2 aromatic carbocycles. The summed E-state index contributed by atoms with van der Waals surface area (Å²) in [5, 5.41) is 3.00. The topological polar surface area (TPSA) is 85.5 Å². The number of imidazole rings is 1. The number of fused-ring (bicyclic) bond motifs is 1. The van der Waals surface area contributed by atoms with Crippen molar-refractivity contribution in [3.8, 4) is 11.1 Å². The van der Waals surface area contributed by atoms with Gasteiger partial charge in [-0.25, -0.2) is 9.78 Å². The Morgan fingerprint density at radius 1 is 0.946 bits per heavy atom. The van der Waals surface area contributed by atoms with E-state index in [4.69, 9.17) is 19.0 Å². The van der Waals surface area contributed by atoms with Gasteiger partial charge in [0.25, 0.3) is 0 Å². The number of H-pyrrole nitrogens is 1. The van der Waals surface area contributed by atoms with Crippen LogP contribution in [0.1, 0.15) is 81.1 Å². The number of ether oxygens (including phenoxy) is 1. The van der Waals surface area contributed by atoms with Gasteiger partial charge in [-0.1, -0.05) is 51.1 Å². The minimum Gasteiger partial charge on any atom is -0.444 e. The van der Waals surface area contributed by atoms with E-state index in [1.165, 1.54) is 0 Å². The van der Waals surface area contributed by atoms with Crippen molar-refractivity contribution in [1.29, 1.82) is 0 Å². The van der Waals surface area contributed by atoms with Crippen LogP contribution in [0.2, 0.25) is 0 Å². The van der Waals surface area contributed by atoms with Crippen LogP contribution in [0.25, 0.3) is 22.2 Å². The molecular formula is C29H40BN3O4. The van der Waals surface area contributed by atoms with Crippen molar-refractivity contribution in [2.24, 2.45) is 5.41 Å². The lowest BCUT2D eigenvalue weighted by Crippen LogP contribution is -2.41. The molecule has 2 heterocycles. The van der Waals surface area contributed by atoms with Crippen LogP contribution in [0.15, 0.2) is 42.5 Å². The number of rotatable bonds is 4. The number of carbonyl (C=O) groups is 1. The van der Waals surface area contributed by atoms with Gasteiger partial charge in [0.2, 0.25) is 0 Å². The Morgan fingerprint density at radius 3 is 2.05 bits per heavy atom. The van der Waals surface area contributed by atoms with Crippen LogP contribution in [0.4, 0.5) is 4.79 Å². The summed E-state index contributed by atoms with van der Waals surface area (Å²) in [5.74, 6) is 0.696. The first-order valence-electron chi connectivity index (χ1n) is 12.9. The van der Waals surface area contributed by atoms with E-state index in [0.29, 0.717) is 5.82 Å². The van der Waals surface area contributed by atoms with E-state index in [-0.39, 0.29) is 29.8 Å². The van der Waals surface area contributed by atoms with E-state index < -0.39 is 11.7 Å². The fraction of sp³-hybridized carbons (Fsp3) is 0.517. The Balaban J connectivity index is 1.57. The summed E-state index contributed by atoms with van der Waals surface area (Å²) in [7, 11) is -0.386. The van der Waals surface area contributed by atoms with Crippen molar-refractivity contribution >= 4 is 29.7 Å². The molecule has 37 heavy (non-hydrogen) atoms. The smallest absolute Gasteiger partial charge is 0.444 e. The molecule has 0 spiro atoms. The molecule has 1 amide bonds. The third-order valence-corrected chi connectivity index (χ3v) is 7.07. The fourth-order valence-corrected chi connectivity index (χ4v) is 4.28. The first-order valence-corrected chi connectivity index (χ1v) is 12.9. The van der Waals surface area contributed by atoms with E-state index in [0.717, 1.165) is 27.6 Å². The molecule has 4 rings (SSSR count). The number of hydrogen-bond acceptors (Lipinski definition) is 5. The van der Waals surface area contributed by atoms with Gasteiger partial charge < -0.3 is 24.3 Å². The van der Waals surface area contributed by atoms with Crippen molar-refractivity contribution in [1.82, 2.24) is 15.3 Å². The summed E-state index contributed by atoms with van der Waals surface area (Å²) in [5.41, 5.74) is 3.29. The van der Waals surface area contributed by atoms with Crippen LogP contribution in [0.5, 0.6) is 0 Å². The Hall–Kier alpha value is -2.84. The minimum atomic E-state index is -0.576. The Morgan fingerprint density at radius 2 is 1.51 bits per heavy atom. The van der Waals surface area contributed by atoms with Gasteiger partial charge >= 0.3 is 13.2 Å². The third-order valence-electron chi connectivity index (χ3n) is 7.07. The SMILES string of the molecule is CC(C)(C)OC(=O)N[C@H](c1nc2ccc(-c3ccc(B4OC(C)(C)C(C)(C)O4)cc3)cc2[nH]1)C(C)(C)C. The molecule has 1 aromatic heterocycles. The summed E-state index contributed by atoms with van der Waals surface area (Å²) in [6.45, 7) is 20.0. The first-order chi connectivity index (χ1) is 17.0. The molecular weight excluding hydrogens is 465 g/mol. The van der Waals surface area contributed by atoms with E-state index in [2.05, 4.69) is 95.2 Å². The second kappa shape index (κ2) is 9.17. The average Bonchev–Trinajstić information content (AvgIpc) is 3.26. The van der Waals surface area contributed by atoms with E-state index in [9.17, 15) is 4.79 Å². The number of nitrogens with one attached hydrogen (secondary N) is 2. The summed E-state index contributed by atoms with van der Waals surface area (Å²) in [4.78, 5) is 20.8. The standard InChI is InChI=1S/C29H40BN3O4/c1-26(2,3)23(33-25(34)35-27(4,5)6)24-31-21-16-13-19(17-22(21)32-24)18-11-14-20(15-12-18)30-36-28(7,8)29(9,10)37-30/h11-17,23H,1-10H3,(H,31,32)(H,33,34)/t23-/m1/s1. The molecule has 7 nitrogen and oxygen atoms in total. The van der Waals surface area contributed by atoms with Crippen molar-refractivity contribution in [2.75, 3.05) is 0 Å². The van der Waals surface area contributed by atoms with Crippen molar-refractivity contribution < 1.29 is 18.8 Å². The molecule has 0 aliphatic carbocycles. The Bertz CT molecular complexity index is 1270. The van der Waals surface area contributed by atoms with Gasteiger partial charge in [0.1, 0.15) is 11.4 Å². The number of alkyl carbamates (subject to hydrolysis) is 1. The molecule has 1 aliphatic heterocycles. The number of carbonyl (C=O) groups excluding carboxylic acids is 1. The summed E-state index contributed by atoms with van der Waals surface area (Å²) in [6.07, 6.45) is -0.462. The second-order valence-corrected chi connectivity index (χ2v) is 13.0. The molecule has 1 saturated heterocycles. The monoisotopic (exact) mass is 505 g/mol. The maximum Gasteiger partial charge on any atom is 0.494 e. The van der Waals surface area contributed by atoms with Crippen LogP contribution >= 0.6 is 0 Å². The highest BCUT2D eigenvalue weighted by Crippen LogP contribution is 2.37. The van der Waals surface area contributed by atoms with Crippen LogP contribution in [-0.2, 0) is 14.0 Å². The molecule has 0 radical (unpaired) electrons. The molecule has 1 fully saturated rings. The molecule has 1 atom stereocenters. The number of nitrogens with zero attached hydrogens (tertiary/aromatic N) is 1. The van der Waals surface area contributed by atoms with Gasteiger partial charge in [-0.3, -0.25) is 0 Å². The molecule has 3 aromatic rings. The van der Waals surface area contributed by atoms with E-state index >= 15 is 0 Å². The van der Waals surface area contributed by atoms with Crippen LogP contribution < -0.4 is 10.8 Å². The van der Waals surface area contributed by atoms with Gasteiger partial charge in [-0.05, 0) is 82.6 Å².